The number of benzene rings is 10. The highest BCUT2D eigenvalue weighted by molar-refractivity contribution is 7.26. The second-order valence-corrected chi connectivity index (χ2v) is 16.6. The quantitative estimate of drug-likeness (QED) is 0.167. The van der Waals surface area contributed by atoms with Gasteiger partial charge in [0.15, 0.2) is 17.5 Å². The Balaban J connectivity index is 1.18. The maximum absolute atomic E-state index is 5.59. The van der Waals surface area contributed by atoms with Gasteiger partial charge in [0.25, 0.3) is 0 Å². The highest BCUT2D eigenvalue weighted by Gasteiger charge is 2.24. The molecule has 0 radical (unpaired) electrons. The number of fused-ring (bicyclic) bond motifs is 11. The van der Waals surface area contributed by atoms with Gasteiger partial charge in [-0.15, -0.1) is 11.3 Å². The summed E-state index contributed by atoms with van der Waals surface area (Å²) in [6, 6.07) is 69.8. The van der Waals surface area contributed by atoms with Gasteiger partial charge in [-0.3, -0.25) is 0 Å². The summed E-state index contributed by atoms with van der Waals surface area (Å²) in [6.07, 6.45) is 0. The van der Waals surface area contributed by atoms with E-state index in [9.17, 15) is 0 Å². The van der Waals surface area contributed by atoms with E-state index in [1.54, 1.807) is 11.3 Å². The molecule has 60 heavy (non-hydrogen) atoms. The van der Waals surface area contributed by atoms with Gasteiger partial charge in [0, 0.05) is 42.1 Å². The third-order valence-electron chi connectivity index (χ3n) is 12.2. The third-order valence-corrected chi connectivity index (χ3v) is 13.4. The Morgan fingerprint density at radius 3 is 1.80 bits per heavy atom. The van der Waals surface area contributed by atoms with E-state index in [-0.39, 0.29) is 0 Å². The average molecular weight is 781 g/mol. The van der Waals surface area contributed by atoms with Crippen molar-refractivity contribution >= 4 is 96.4 Å². The highest BCUT2D eigenvalue weighted by Crippen LogP contribution is 2.46. The molecule has 3 aromatic heterocycles. The molecule has 0 aliphatic heterocycles. The van der Waals surface area contributed by atoms with Crippen LogP contribution in [-0.2, 0) is 0 Å². The van der Waals surface area contributed by atoms with Crippen LogP contribution in [0.3, 0.4) is 0 Å². The summed E-state index contributed by atoms with van der Waals surface area (Å²) in [5.41, 5.74) is 6.21. The number of rotatable bonds is 4. The predicted molar refractivity (Wildman–Crippen MR) is 253 cm³/mol. The molecule has 3 heterocycles. The number of thiophene rings is 1. The molecular weight excluding hydrogens is 749 g/mol. The van der Waals surface area contributed by atoms with Gasteiger partial charge < -0.3 is 4.57 Å². The average Bonchev–Trinajstić information content (AvgIpc) is 3.85. The molecule has 10 aromatic carbocycles. The van der Waals surface area contributed by atoms with Gasteiger partial charge in [-0.25, -0.2) is 15.0 Å². The molecule has 0 atom stereocenters. The number of nitrogens with zero attached hydrogens (tertiary/aromatic N) is 4. The van der Waals surface area contributed by atoms with Crippen LogP contribution in [0.25, 0.3) is 125 Å². The maximum Gasteiger partial charge on any atom is 0.167 e. The molecule has 0 N–H and O–H groups in total. The zero-order valence-corrected chi connectivity index (χ0v) is 33.0. The molecule has 278 valence electrons. The van der Waals surface area contributed by atoms with E-state index >= 15 is 0 Å². The Bertz CT molecular complexity index is 3910. The zero-order chi connectivity index (χ0) is 39.3. The van der Waals surface area contributed by atoms with Crippen LogP contribution in [0.4, 0.5) is 0 Å². The SMILES string of the molecule is c1ccc2cc(-c3nc(-c4cc5ccccc5c5ccccc45)nc(-c4c(-n5c6ccccc6c6cc7ccccc7cc65)ccc5c4sc4ccccc45)n3)ccc2c1. The van der Waals surface area contributed by atoms with Gasteiger partial charge in [0.1, 0.15) is 0 Å². The first kappa shape index (κ1) is 33.3. The molecular formula is C55H32N4S. The highest BCUT2D eigenvalue weighted by atomic mass is 32.1. The molecule has 0 aliphatic rings. The van der Waals surface area contributed by atoms with Crippen LogP contribution in [-0.4, -0.2) is 19.5 Å². The fourth-order valence-electron chi connectivity index (χ4n) is 9.40. The predicted octanol–water partition coefficient (Wildman–Crippen LogP) is 15.0. The molecule has 0 unspecified atom stereocenters. The largest absolute Gasteiger partial charge is 0.308 e. The molecule has 0 saturated heterocycles. The van der Waals surface area contributed by atoms with E-state index in [2.05, 4.69) is 199 Å². The lowest BCUT2D eigenvalue weighted by Crippen LogP contribution is -2.04. The van der Waals surface area contributed by atoms with Crippen LogP contribution in [0.5, 0.6) is 0 Å². The van der Waals surface area contributed by atoms with Crippen LogP contribution in [0.15, 0.2) is 194 Å². The summed E-state index contributed by atoms with van der Waals surface area (Å²) in [5, 5.41) is 14.2. The molecule has 0 amide bonds. The Morgan fingerprint density at radius 1 is 0.350 bits per heavy atom. The lowest BCUT2D eigenvalue weighted by Gasteiger charge is -2.17. The first-order valence-electron chi connectivity index (χ1n) is 20.3. The molecule has 0 bridgehead atoms. The van der Waals surface area contributed by atoms with Crippen LogP contribution in [0.1, 0.15) is 0 Å². The fraction of sp³-hybridized carbons (Fsp3) is 0. The normalized spacial score (nSPS) is 12.0. The monoisotopic (exact) mass is 780 g/mol. The lowest BCUT2D eigenvalue weighted by molar-refractivity contribution is 1.07. The Kier molecular flexibility index (Phi) is 7.14. The van der Waals surface area contributed by atoms with Crippen molar-refractivity contribution in [2.75, 3.05) is 0 Å². The Hall–Kier alpha value is -7.73. The fourth-order valence-corrected chi connectivity index (χ4v) is 10.6. The summed E-state index contributed by atoms with van der Waals surface area (Å²) < 4.78 is 4.80. The molecule has 13 rings (SSSR count). The van der Waals surface area contributed by atoms with E-state index in [1.165, 1.54) is 53.2 Å². The minimum atomic E-state index is 0.635. The zero-order valence-electron chi connectivity index (χ0n) is 32.2. The van der Waals surface area contributed by atoms with Crippen molar-refractivity contribution < 1.29 is 0 Å². The minimum absolute atomic E-state index is 0.635. The standard InChI is InChI=1S/C55H32N4S/c1-2-14-34-29-38(26-25-33(34)13-1)53-56-54(46-31-37-17-5-6-18-39(37)40-19-7-8-20-41(40)46)58-55(57-53)51-48(28-27-44-43-22-10-12-24-50(43)60-52(44)51)59-47-23-11-9-21-42(47)45-30-35-15-3-4-16-36(35)32-49(45)59/h1-32H. The van der Waals surface area contributed by atoms with Crippen molar-refractivity contribution in [3.05, 3.63) is 194 Å². The number of hydrogen-bond donors (Lipinski definition) is 0. The summed E-state index contributed by atoms with van der Waals surface area (Å²) in [7, 11) is 0. The third kappa shape index (κ3) is 5.00. The molecule has 0 saturated carbocycles. The van der Waals surface area contributed by atoms with E-state index in [1.807, 2.05) is 0 Å². The lowest BCUT2D eigenvalue weighted by atomic mass is 9.96. The van der Waals surface area contributed by atoms with Crippen molar-refractivity contribution in [2.24, 2.45) is 0 Å². The molecule has 13 aromatic rings. The minimum Gasteiger partial charge on any atom is -0.308 e. The summed E-state index contributed by atoms with van der Waals surface area (Å²) in [4.78, 5) is 16.5. The van der Waals surface area contributed by atoms with Gasteiger partial charge >= 0.3 is 0 Å². The van der Waals surface area contributed by atoms with E-state index in [4.69, 9.17) is 15.0 Å². The van der Waals surface area contributed by atoms with Gasteiger partial charge in [0.2, 0.25) is 0 Å². The second-order valence-electron chi connectivity index (χ2n) is 15.6. The van der Waals surface area contributed by atoms with Gasteiger partial charge in [-0.1, -0.05) is 152 Å². The van der Waals surface area contributed by atoms with E-state index in [0.717, 1.165) is 54.3 Å². The summed E-state index contributed by atoms with van der Waals surface area (Å²) in [6.45, 7) is 0. The van der Waals surface area contributed by atoms with Gasteiger partial charge in [0.05, 0.1) is 22.3 Å². The molecule has 4 nitrogen and oxygen atoms in total. The number of hydrogen-bond acceptors (Lipinski definition) is 4. The molecule has 0 fully saturated rings. The van der Waals surface area contributed by atoms with Crippen LogP contribution < -0.4 is 0 Å². The maximum atomic E-state index is 5.59. The van der Waals surface area contributed by atoms with E-state index in [0.29, 0.717) is 17.5 Å². The first-order chi connectivity index (χ1) is 29.7. The van der Waals surface area contributed by atoms with Crippen molar-refractivity contribution in [3.8, 4) is 39.9 Å². The van der Waals surface area contributed by atoms with Crippen LogP contribution in [0.2, 0.25) is 0 Å². The smallest absolute Gasteiger partial charge is 0.167 e. The number of para-hydroxylation sites is 1. The van der Waals surface area contributed by atoms with Crippen LogP contribution in [0, 0.1) is 0 Å². The molecule has 0 aliphatic carbocycles. The van der Waals surface area contributed by atoms with Crippen molar-refractivity contribution in [1.82, 2.24) is 19.5 Å². The Labute approximate surface area is 348 Å². The second kappa shape index (κ2) is 12.9. The van der Waals surface area contributed by atoms with Crippen molar-refractivity contribution in [1.29, 1.82) is 0 Å². The summed E-state index contributed by atoms with van der Waals surface area (Å²) in [5.74, 6) is 1.91. The summed E-state index contributed by atoms with van der Waals surface area (Å²) >= 11 is 1.80. The topological polar surface area (TPSA) is 43.6 Å². The molecule has 0 spiro atoms. The van der Waals surface area contributed by atoms with Gasteiger partial charge in [-0.05, 0) is 85.6 Å². The number of aromatic nitrogens is 4. The molecule has 5 heteroatoms. The van der Waals surface area contributed by atoms with Gasteiger partial charge in [-0.2, -0.15) is 0 Å². The van der Waals surface area contributed by atoms with E-state index < -0.39 is 0 Å². The Morgan fingerprint density at radius 2 is 0.967 bits per heavy atom. The first-order valence-corrected chi connectivity index (χ1v) is 21.1. The van der Waals surface area contributed by atoms with Crippen molar-refractivity contribution in [2.45, 2.75) is 0 Å². The van der Waals surface area contributed by atoms with Crippen LogP contribution >= 0.6 is 11.3 Å². The van der Waals surface area contributed by atoms with Crippen molar-refractivity contribution in [3.63, 3.8) is 0 Å².